The number of pyridine rings is 1. The van der Waals surface area contributed by atoms with Crippen molar-refractivity contribution in [1.29, 1.82) is 0 Å². The maximum atomic E-state index is 4.38. The lowest BCUT2D eigenvalue weighted by Gasteiger charge is -2.23. The number of halogens is 1. The highest BCUT2D eigenvalue weighted by molar-refractivity contribution is 9.10. The van der Waals surface area contributed by atoms with Gasteiger partial charge in [0.25, 0.3) is 0 Å². The average Bonchev–Trinajstić information content (AvgIpc) is 2.35. The van der Waals surface area contributed by atoms with Crippen LogP contribution in [-0.4, -0.2) is 23.3 Å². The Bertz CT molecular complexity index is 316. The molecular weight excluding hydrogens is 296 g/mol. The summed E-state index contributed by atoms with van der Waals surface area (Å²) < 4.78 is 1.03. The zero-order valence-electron chi connectivity index (χ0n) is 10.7. The molecule has 0 amide bonds. The van der Waals surface area contributed by atoms with Gasteiger partial charge in [0.15, 0.2) is 0 Å². The normalized spacial score (nSPS) is 14.6. The standard InChI is InChI=1S/C13H21BrN2S/c1-4-10(3)12(15-5-2)9-17-13-7-6-11(14)8-16-13/h6-8,10,12,15H,4-5,9H2,1-3H3. The van der Waals surface area contributed by atoms with E-state index in [1.54, 1.807) is 0 Å². The molecule has 2 nitrogen and oxygen atoms in total. The second kappa shape index (κ2) is 8.11. The van der Waals surface area contributed by atoms with Gasteiger partial charge in [-0.2, -0.15) is 0 Å². The summed E-state index contributed by atoms with van der Waals surface area (Å²) in [6.07, 6.45) is 3.07. The van der Waals surface area contributed by atoms with Crippen LogP contribution >= 0.6 is 27.7 Å². The van der Waals surface area contributed by atoms with E-state index in [2.05, 4.69) is 53.1 Å². The van der Waals surface area contributed by atoms with Crippen molar-refractivity contribution in [2.75, 3.05) is 12.3 Å². The topological polar surface area (TPSA) is 24.9 Å². The van der Waals surface area contributed by atoms with Crippen LogP contribution in [0.15, 0.2) is 27.8 Å². The summed E-state index contributed by atoms with van der Waals surface area (Å²) in [7, 11) is 0. The van der Waals surface area contributed by atoms with Crippen molar-refractivity contribution >= 4 is 27.7 Å². The van der Waals surface area contributed by atoms with E-state index in [1.807, 2.05) is 24.0 Å². The molecule has 0 bridgehead atoms. The molecule has 1 N–H and O–H groups in total. The number of aromatic nitrogens is 1. The lowest BCUT2D eigenvalue weighted by molar-refractivity contribution is 0.404. The van der Waals surface area contributed by atoms with Crippen molar-refractivity contribution in [3.63, 3.8) is 0 Å². The summed E-state index contributed by atoms with van der Waals surface area (Å²) in [6.45, 7) is 7.75. The van der Waals surface area contributed by atoms with Crippen LogP contribution in [0.4, 0.5) is 0 Å². The summed E-state index contributed by atoms with van der Waals surface area (Å²) in [5.41, 5.74) is 0. The third kappa shape index (κ3) is 5.40. The summed E-state index contributed by atoms with van der Waals surface area (Å²) in [6, 6.07) is 4.68. The maximum Gasteiger partial charge on any atom is 0.0961 e. The Kier molecular flexibility index (Phi) is 7.16. The molecule has 17 heavy (non-hydrogen) atoms. The van der Waals surface area contributed by atoms with Gasteiger partial charge in [0, 0.05) is 22.5 Å². The number of nitrogens with one attached hydrogen (secondary N) is 1. The number of rotatable bonds is 7. The van der Waals surface area contributed by atoms with Crippen molar-refractivity contribution in [2.24, 2.45) is 5.92 Å². The molecular formula is C13H21BrN2S. The van der Waals surface area contributed by atoms with Crippen LogP contribution in [0.25, 0.3) is 0 Å². The van der Waals surface area contributed by atoms with Gasteiger partial charge in [0.2, 0.25) is 0 Å². The van der Waals surface area contributed by atoms with Crippen LogP contribution in [0.2, 0.25) is 0 Å². The fourth-order valence-corrected chi connectivity index (χ4v) is 2.92. The third-order valence-corrected chi connectivity index (χ3v) is 4.44. The second-order valence-corrected chi connectivity index (χ2v) is 6.13. The fourth-order valence-electron chi connectivity index (χ4n) is 1.59. The Morgan fingerprint density at radius 1 is 1.41 bits per heavy atom. The molecule has 0 aliphatic carbocycles. The van der Waals surface area contributed by atoms with E-state index in [9.17, 15) is 0 Å². The van der Waals surface area contributed by atoms with Gasteiger partial charge in [0.1, 0.15) is 0 Å². The molecule has 0 aliphatic heterocycles. The van der Waals surface area contributed by atoms with Crippen molar-refractivity contribution in [3.05, 3.63) is 22.8 Å². The monoisotopic (exact) mass is 316 g/mol. The minimum atomic E-state index is 0.570. The van der Waals surface area contributed by atoms with Gasteiger partial charge in [0.05, 0.1) is 5.03 Å². The molecule has 0 saturated carbocycles. The molecule has 0 fully saturated rings. The molecule has 0 aromatic carbocycles. The van der Waals surface area contributed by atoms with E-state index in [0.717, 1.165) is 21.8 Å². The van der Waals surface area contributed by atoms with Crippen LogP contribution in [0, 0.1) is 5.92 Å². The first-order valence-corrected chi connectivity index (χ1v) is 7.93. The largest absolute Gasteiger partial charge is 0.313 e. The Labute approximate surface area is 117 Å². The highest BCUT2D eigenvalue weighted by atomic mass is 79.9. The highest BCUT2D eigenvalue weighted by Crippen LogP contribution is 2.21. The molecule has 0 aliphatic rings. The SMILES string of the molecule is CCNC(CSc1ccc(Br)cn1)C(C)CC. The van der Waals surface area contributed by atoms with Gasteiger partial charge in [-0.05, 0) is 40.5 Å². The highest BCUT2D eigenvalue weighted by Gasteiger charge is 2.14. The molecule has 2 atom stereocenters. The van der Waals surface area contributed by atoms with Crippen molar-refractivity contribution < 1.29 is 0 Å². The predicted octanol–water partition coefficient (Wildman–Crippen LogP) is 3.96. The summed E-state index contributed by atoms with van der Waals surface area (Å²) in [5, 5.41) is 4.65. The number of hydrogen-bond donors (Lipinski definition) is 1. The quantitative estimate of drug-likeness (QED) is 0.771. The number of nitrogens with zero attached hydrogens (tertiary/aromatic N) is 1. The Morgan fingerprint density at radius 3 is 2.71 bits per heavy atom. The van der Waals surface area contributed by atoms with E-state index in [-0.39, 0.29) is 0 Å². The molecule has 1 rings (SSSR count). The summed E-state index contributed by atoms with van der Waals surface area (Å²) in [5.74, 6) is 1.79. The van der Waals surface area contributed by atoms with Gasteiger partial charge in [-0.3, -0.25) is 0 Å². The molecule has 1 aromatic rings. The molecule has 4 heteroatoms. The summed E-state index contributed by atoms with van der Waals surface area (Å²) >= 11 is 5.23. The fraction of sp³-hybridized carbons (Fsp3) is 0.615. The van der Waals surface area contributed by atoms with E-state index >= 15 is 0 Å². The zero-order valence-corrected chi connectivity index (χ0v) is 13.1. The van der Waals surface area contributed by atoms with Gasteiger partial charge in [-0.15, -0.1) is 11.8 Å². The lowest BCUT2D eigenvalue weighted by Crippen LogP contribution is -2.36. The van der Waals surface area contributed by atoms with Gasteiger partial charge in [-0.25, -0.2) is 4.98 Å². The molecule has 0 radical (unpaired) electrons. The first-order valence-electron chi connectivity index (χ1n) is 6.15. The van der Waals surface area contributed by atoms with Crippen LogP contribution in [0.5, 0.6) is 0 Å². The first kappa shape index (κ1) is 15.0. The molecule has 1 heterocycles. The lowest BCUT2D eigenvalue weighted by atomic mass is 10.0. The van der Waals surface area contributed by atoms with Crippen LogP contribution < -0.4 is 5.32 Å². The van der Waals surface area contributed by atoms with E-state index < -0.39 is 0 Å². The van der Waals surface area contributed by atoms with Crippen LogP contribution in [0.3, 0.4) is 0 Å². The van der Waals surface area contributed by atoms with E-state index in [1.165, 1.54) is 6.42 Å². The van der Waals surface area contributed by atoms with Gasteiger partial charge in [-0.1, -0.05) is 27.2 Å². The number of thioether (sulfide) groups is 1. The second-order valence-electron chi connectivity index (χ2n) is 4.18. The van der Waals surface area contributed by atoms with E-state index in [4.69, 9.17) is 0 Å². The Balaban J connectivity index is 2.48. The zero-order chi connectivity index (χ0) is 12.7. The van der Waals surface area contributed by atoms with E-state index in [0.29, 0.717) is 12.0 Å². The minimum absolute atomic E-state index is 0.570. The average molecular weight is 317 g/mol. The Hall–Kier alpha value is -0.0600. The molecule has 2 unspecified atom stereocenters. The minimum Gasteiger partial charge on any atom is -0.313 e. The van der Waals surface area contributed by atoms with Crippen LogP contribution in [-0.2, 0) is 0 Å². The van der Waals surface area contributed by atoms with Crippen molar-refractivity contribution in [2.45, 2.75) is 38.3 Å². The van der Waals surface area contributed by atoms with Crippen molar-refractivity contribution in [3.8, 4) is 0 Å². The molecule has 96 valence electrons. The molecule has 0 saturated heterocycles. The maximum absolute atomic E-state index is 4.38. The summed E-state index contributed by atoms with van der Waals surface area (Å²) in [4.78, 5) is 4.38. The van der Waals surface area contributed by atoms with Gasteiger partial charge < -0.3 is 5.32 Å². The molecule has 0 spiro atoms. The first-order chi connectivity index (χ1) is 8.17. The Morgan fingerprint density at radius 2 is 2.18 bits per heavy atom. The number of hydrogen-bond acceptors (Lipinski definition) is 3. The molecule has 1 aromatic heterocycles. The van der Waals surface area contributed by atoms with Crippen LogP contribution in [0.1, 0.15) is 27.2 Å². The smallest absolute Gasteiger partial charge is 0.0961 e. The van der Waals surface area contributed by atoms with Crippen molar-refractivity contribution in [1.82, 2.24) is 10.3 Å². The predicted molar refractivity (Wildman–Crippen MR) is 79.6 cm³/mol. The third-order valence-electron chi connectivity index (χ3n) is 2.91. The van der Waals surface area contributed by atoms with Gasteiger partial charge >= 0.3 is 0 Å².